The topological polar surface area (TPSA) is 92.7 Å². The Morgan fingerprint density at radius 3 is 2.76 bits per heavy atom. The Morgan fingerprint density at radius 2 is 2.03 bits per heavy atom. The molecule has 3 fully saturated rings. The second kappa shape index (κ2) is 11.3. The van der Waals surface area contributed by atoms with Crippen molar-refractivity contribution in [3.05, 3.63) is 35.9 Å². The van der Waals surface area contributed by atoms with Crippen molar-refractivity contribution in [1.29, 1.82) is 0 Å². The van der Waals surface area contributed by atoms with Crippen LogP contribution in [0.5, 0.6) is 0 Å². The monoisotopic (exact) mass is 464 g/mol. The Morgan fingerprint density at radius 1 is 1.21 bits per heavy atom. The van der Waals surface area contributed by atoms with Gasteiger partial charge in [-0.1, -0.05) is 30.3 Å². The fourth-order valence-electron chi connectivity index (χ4n) is 5.21. The van der Waals surface area contributed by atoms with Gasteiger partial charge in [0.05, 0.1) is 31.5 Å². The van der Waals surface area contributed by atoms with E-state index in [2.05, 4.69) is 0 Å². The molecule has 8 nitrogen and oxygen atoms in total. The Bertz CT molecular complexity index is 758. The van der Waals surface area contributed by atoms with E-state index in [0.717, 1.165) is 12.0 Å². The van der Waals surface area contributed by atoms with Gasteiger partial charge in [0.25, 0.3) is 0 Å². The highest BCUT2D eigenvalue weighted by Crippen LogP contribution is 2.46. The first kappa shape index (κ1) is 24.6. The first-order valence-corrected chi connectivity index (χ1v) is 12.0. The van der Waals surface area contributed by atoms with Crippen molar-refractivity contribution < 1.29 is 38.3 Å². The first-order chi connectivity index (χ1) is 16.0. The smallest absolute Gasteiger partial charge is 0.302 e. The largest absolute Gasteiger partial charge is 0.466 e. The van der Waals surface area contributed by atoms with Gasteiger partial charge in [-0.15, -0.1) is 0 Å². The molecule has 7 atom stereocenters. The van der Waals surface area contributed by atoms with E-state index in [1.165, 1.54) is 6.92 Å². The van der Waals surface area contributed by atoms with Crippen molar-refractivity contribution in [2.24, 2.45) is 0 Å². The van der Waals surface area contributed by atoms with Gasteiger partial charge in [-0.25, -0.2) is 0 Å². The van der Waals surface area contributed by atoms with Crippen molar-refractivity contribution in [3.63, 3.8) is 0 Å². The quantitative estimate of drug-likeness (QED) is 0.417. The normalized spacial score (nSPS) is 35.6. The van der Waals surface area contributed by atoms with Crippen molar-refractivity contribution >= 4 is 5.97 Å². The van der Waals surface area contributed by atoms with Crippen LogP contribution in [0.1, 0.15) is 51.0 Å². The average Bonchev–Trinajstić information content (AvgIpc) is 3.15. The Labute approximate surface area is 195 Å². The molecular weight excluding hydrogens is 428 g/mol. The molecule has 1 aromatic carbocycles. The maximum atomic E-state index is 11.1. The molecule has 184 valence electrons. The second-order valence-corrected chi connectivity index (χ2v) is 9.09. The van der Waals surface area contributed by atoms with E-state index in [9.17, 15) is 9.90 Å². The minimum absolute atomic E-state index is 0.00511. The first-order valence-electron chi connectivity index (χ1n) is 12.0. The second-order valence-electron chi connectivity index (χ2n) is 9.09. The number of methoxy groups -OCH3 is 1. The van der Waals surface area contributed by atoms with Gasteiger partial charge in [0.2, 0.25) is 0 Å². The molecule has 1 aromatic rings. The van der Waals surface area contributed by atoms with Crippen molar-refractivity contribution in [3.8, 4) is 0 Å². The van der Waals surface area contributed by atoms with E-state index in [1.54, 1.807) is 7.11 Å². The summed E-state index contributed by atoms with van der Waals surface area (Å²) in [6.45, 7) is 2.32. The fraction of sp³-hybridized carbons (Fsp3) is 0.720. The molecule has 4 rings (SSSR count). The maximum Gasteiger partial charge on any atom is 0.302 e. The number of carbonyl (C=O) groups is 1. The lowest BCUT2D eigenvalue weighted by Gasteiger charge is -2.51. The number of hydrogen-bond acceptors (Lipinski definition) is 8. The van der Waals surface area contributed by atoms with E-state index in [4.69, 9.17) is 28.4 Å². The number of benzene rings is 1. The third-order valence-electron chi connectivity index (χ3n) is 6.87. The molecule has 0 spiro atoms. The van der Waals surface area contributed by atoms with Gasteiger partial charge in [0.1, 0.15) is 18.3 Å². The molecule has 7 unspecified atom stereocenters. The van der Waals surface area contributed by atoms with Crippen LogP contribution in [-0.4, -0.2) is 73.8 Å². The van der Waals surface area contributed by atoms with E-state index >= 15 is 0 Å². The SMILES string of the molecule is COC12CCC(CCO)OC1CC1OC(CCCOC(C)=O)C(OCc3ccccc3)C1O2. The molecule has 3 saturated heterocycles. The average molecular weight is 465 g/mol. The highest BCUT2D eigenvalue weighted by atomic mass is 16.7. The summed E-state index contributed by atoms with van der Waals surface area (Å²) in [5.41, 5.74) is 1.09. The molecule has 0 aromatic heterocycles. The third-order valence-corrected chi connectivity index (χ3v) is 6.87. The van der Waals surface area contributed by atoms with E-state index < -0.39 is 5.79 Å². The van der Waals surface area contributed by atoms with Crippen LogP contribution < -0.4 is 0 Å². The summed E-state index contributed by atoms with van der Waals surface area (Å²) in [6, 6.07) is 10.0. The summed E-state index contributed by atoms with van der Waals surface area (Å²) in [7, 11) is 1.66. The molecule has 0 radical (unpaired) electrons. The summed E-state index contributed by atoms with van der Waals surface area (Å²) in [5, 5.41) is 9.33. The molecule has 0 amide bonds. The van der Waals surface area contributed by atoms with Crippen LogP contribution in [0.15, 0.2) is 30.3 Å². The van der Waals surface area contributed by atoms with Gasteiger partial charge in [0.15, 0.2) is 5.79 Å². The molecule has 3 aliphatic rings. The zero-order chi connectivity index (χ0) is 23.3. The number of hydrogen-bond donors (Lipinski definition) is 1. The molecule has 33 heavy (non-hydrogen) atoms. The summed E-state index contributed by atoms with van der Waals surface area (Å²) >= 11 is 0. The minimum Gasteiger partial charge on any atom is -0.466 e. The van der Waals surface area contributed by atoms with Crippen molar-refractivity contribution in [1.82, 2.24) is 0 Å². The predicted octanol–water partition coefficient (Wildman–Crippen LogP) is 2.74. The highest BCUT2D eigenvalue weighted by molar-refractivity contribution is 5.65. The zero-order valence-corrected chi connectivity index (χ0v) is 19.5. The molecule has 3 aliphatic heterocycles. The lowest BCUT2D eigenvalue weighted by molar-refractivity contribution is -0.361. The van der Waals surface area contributed by atoms with Crippen LogP contribution in [0.3, 0.4) is 0 Å². The van der Waals surface area contributed by atoms with Gasteiger partial charge >= 0.3 is 5.97 Å². The Kier molecular flexibility index (Phi) is 8.38. The van der Waals surface area contributed by atoms with Crippen molar-refractivity contribution in [2.75, 3.05) is 20.3 Å². The van der Waals surface area contributed by atoms with Crippen LogP contribution in [0, 0.1) is 0 Å². The fourth-order valence-corrected chi connectivity index (χ4v) is 5.21. The zero-order valence-electron chi connectivity index (χ0n) is 19.5. The van der Waals surface area contributed by atoms with Crippen molar-refractivity contribution in [2.45, 2.75) is 94.5 Å². The van der Waals surface area contributed by atoms with E-state index in [1.807, 2.05) is 30.3 Å². The number of ether oxygens (including phenoxy) is 6. The third kappa shape index (κ3) is 5.75. The number of aliphatic hydroxyl groups excluding tert-OH is 1. The molecule has 0 saturated carbocycles. The lowest BCUT2D eigenvalue weighted by Crippen LogP contribution is -2.62. The van der Waals surface area contributed by atoms with Crippen LogP contribution in [0.25, 0.3) is 0 Å². The molecule has 3 heterocycles. The van der Waals surface area contributed by atoms with Gasteiger partial charge in [-0.05, 0) is 31.2 Å². The number of fused-ring (bicyclic) bond motifs is 2. The summed E-state index contributed by atoms with van der Waals surface area (Å²) < 4.78 is 36.7. The van der Waals surface area contributed by atoms with Gasteiger partial charge in [-0.3, -0.25) is 4.79 Å². The molecule has 0 bridgehead atoms. The highest BCUT2D eigenvalue weighted by Gasteiger charge is 2.59. The maximum absolute atomic E-state index is 11.1. The molecule has 1 N–H and O–H groups in total. The number of carbonyl (C=O) groups excluding carboxylic acids is 1. The van der Waals surface area contributed by atoms with E-state index in [0.29, 0.717) is 45.3 Å². The van der Waals surface area contributed by atoms with Gasteiger partial charge in [0, 0.05) is 33.5 Å². The van der Waals surface area contributed by atoms with Crippen LogP contribution in [0.2, 0.25) is 0 Å². The summed E-state index contributed by atoms with van der Waals surface area (Å²) in [5.74, 6) is -1.12. The molecular formula is C25H36O8. The molecule has 8 heteroatoms. The number of esters is 1. The van der Waals surface area contributed by atoms with Crippen LogP contribution >= 0.6 is 0 Å². The lowest BCUT2D eigenvalue weighted by atomic mass is 9.87. The van der Waals surface area contributed by atoms with Crippen LogP contribution in [-0.2, 0) is 39.8 Å². The predicted molar refractivity (Wildman–Crippen MR) is 118 cm³/mol. The minimum atomic E-state index is -0.836. The summed E-state index contributed by atoms with van der Waals surface area (Å²) in [4.78, 5) is 11.1. The number of rotatable bonds is 10. The molecule has 0 aliphatic carbocycles. The van der Waals surface area contributed by atoms with Gasteiger partial charge < -0.3 is 33.5 Å². The Hall–Kier alpha value is -1.55. The summed E-state index contributed by atoms with van der Waals surface area (Å²) in [6.07, 6.45) is 2.93. The van der Waals surface area contributed by atoms with Crippen LogP contribution in [0.4, 0.5) is 0 Å². The standard InChI is InChI=1S/C25H36O8/c1-17(27)29-14-6-9-20-23(30-16-18-7-4-3-5-8-18)24-21(32-20)15-22-25(28-2,33-24)12-10-19(31-22)11-13-26/h3-5,7-8,19-24,26H,6,9-16H2,1-2H3. The number of aliphatic hydroxyl groups is 1. The Balaban J connectivity index is 1.46. The van der Waals surface area contributed by atoms with E-state index in [-0.39, 0.29) is 49.2 Å². The van der Waals surface area contributed by atoms with Gasteiger partial charge in [-0.2, -0.15) is 0 Å².